The van der Waals surface area contributed by atoms with Crippen LogP contribution in [0.1, 0.15) is 31.7 Å². The molecule has 1 aromatic carbocycles. The average molecular weight is 399 g/mol. The lowest BCUT2D eigenvalue weighted by molar-refractivity contribution is 0.311. The Morgan fingerprint density at radius 1 is 1.34 bits per heavy atom. The maximum Gasteiger partial charge on any atom is 0.191 e. The highest BCUT2D eigenvalue weighted by Crippen LogP contribution is 2.19. The fraction of sp³-hybridized carbons (Fsp3) is 0.545. The molecule has 1 unspecified atom stereocenters. The Hall–Kier alpha value is -2.70. The number of hydrogen-bond acceptors (Lipinski definition) is 4. The predicted octanol–water partition coefficient (Wildman–Crippen LogP) is 2.72. The van der Waals surface area contributed by atoms with E-state index < -0.39 is 0 Å². The number of guanidine groups is 1. The van der Waals surface area contributed by atoms with Crippen molar-refractivity contribution >= 4 is 11.6 Å². The predicted molar refractivity (Wildman–Crippen MR) is 119 cm³/mol. The largest absolute Gasteiger partial charge is 0.493 e. The number of hydrogen-bond donors (Lipinski definition) is 2. The molecule has 0 spiro atoms. The number of rotatable bonds is 8. The molecule has 158 valence electrons. The minimum atomic E-state index is 0.380. The van der Waals surface area contributed by atoms with Crippen LogP contribution in [0.4, 0.5) is 5.69 Å². The standard InChI is InChI=1S/C22H34N6O/c1-4-23-22(24-12-8-14-29-21-11-6-5-9-18(21)2)26-19-10-7-13-28(16-19)20-15-25-27(3)17-20/h5-6,9,11,15,17,19H,4,7-8,10,12-14,16H2,1-3H3,(H2,23,24,26). The smallest absolute Gasteiger partial charge is 0.191 e. The summed E-state index contributed by atoms with van der Waals surface area (Å²) in [5.74, 6) is 1.85. The summed E-state index contributed by atoms with van der Waals surface area (Å²) in [6.07, 6.45) is 7.22. The highest BCUT2D eigenvalue weighted by molar-refractivity contribution is 5.80. The normalized spacial score (nSPS) is 17.3. The molecule has 2 aromatic rings. The van der Waals surface area contributed by atoms with E-state index in [0.717, 1.165) is 57.2 Å². The van der Waals surface area contributed by atoms with Gasteiger partial charge in [0.2, 0.25) is 0 Å². The zero-order chi connectivity index (χ0) is 20.5. The second-order valence-corrected chi connectivity index (χ2v) is 7.53. The number of piperidine rings is 1. The molecule has 0 aliphatic carbocycles. The van der Waals surface area contributed by atoms with E-state index in [9.17, 15) is 0 Å². The van der Waals surface area contributed by atoms with Crippen molar-refractivity contribution in [3.8, 4) is 5.75 Å². The maximum absolute atomic E-state index is 5.87. The van der Waals surface area contributed by atoms with Crippen LogP contribution >= 0.6 is 0 Å². The van der Waals surface area contributed by atoms with Crippen molar-refractivity contribution in [2.75, 3.05) is 37.7 Å². The summed E-state index contributed by atoms with van der Waals surface area (Å²) in [5.41, 5.74) is 2.36. The Bertz CT molecular complexity index is 787. The van der Waals surface area contributed by atoms with Gasteiger partial charge in [0.15, 0.2) is 5.96 Å². The first-order valence-corrected chi connectivity index (χ1v) is 10.6. The number of ether oxygens (including phenoxy) is 1. The highest BCUT2D eigenvalue weighted by atomic mass is 16.5. The van der Waals surface area contributed by atoms with Crippen molar-refractivity contribution in [2.45, 2.75) is 39.2 Å². The summed E-state index contributed by atoms with van der Waals surface area (Å²) in [6, 6.07) is 8.50. The molecule has 1 aliphatic rings. The van der Waals surface area contributed by atoms with Crippen LogP contribution in [0.15, 0.2) is 41.7 Å². The molecule has 2 heterocycles. The minimum Gasteiger partial charge on any atom is -0.493 e. The molecule has 0 bridgehead atoms. The molecule has 0 amide bonds. The van der Waals surface area contributed by atoms with Crippen molar-refractivity contribution in [1.82, 2.24) is 20.4 Å². The van der Waals surface area contributed by atoms with E-state index in [1.807, 2.05) is 36.1 Å². The van der Waals surface area contributed by atoms with Crippen LogP contribution in [0, 0.1) is 6.92 Å². The van der Waals surface area contributed by atoms with E-state index in [1.54, 1.807) is 0 Å². The van der Waals surface area contributed by atoms with Crippen molar-refractivity contribution in [3.05, 3.63) is 42.2 Å². The van der Waals surface area contributed by atoms with Gasteiger partial charge in [-0.3, -0.25) is 9.67 Å². The van der Waals surface area contributed by atoms with Gasteiger partial charge in [-0.25, -0.2) is 0 Å². The Kier molecular flexibility index (Phi) is 7.78. The second-order valence-electron chi connectivity index (χ2n) is 7.53. The number of para-hydroxylation sites is 1. The molecule has 7 heteroatoms. The number of nitrogens with one attached hydrogen (secondary N) is 2. The SMILES string of the molecule is CCNC(=NCCCOc1ccccc1C)NC1CCCN(c2cnn(C)c2)C1. The van der Waals surface area contributed by atoms with Crippen LogP contribution in [0.2, 0.25) is 0 Å². The van der Waals surface area contributed by atoms with Crippen LogP contribution in [0.5, 0.6) is 5.75 Å². The first-order chi connectivity index (χ1) is 14.2. The van der Waals surface area contributed by atoms with Gasteiger partial charge in [-0.15, -0.1) is 0 Å². The average Bonchev–Trinajstić information content (AvgIpc) is 3.16. The molecule has 1 aromatic heterocycles. The minimum absolute atomic E-state index is 0.380. The summed E-state index contributed by atoms with van der Waals surface area (Å²) in [5, 5.41) is 11.3. The number of nitrogens with zero attached hydrogens (tertiary/aromatic N) is 4. The highest BCUT2D eigenvalue weighted by Gasteiger charge is 2.21. The van der Waals surface area contributed by atoms with Gasteiger partial charge in [-0.1, -0.05) is 18.2 Å². The van der Waals surface area contributed by atoms with E-state index in [4.69, 9.17) is 9.73 Å². The molecule has 1 aliphatic heterocycles. The molecule has 1 saturated heterocycles. The van der Waals surface area contributed by atoms with E-state index in [1.165, 1.54) is 11.3 Å². The number of anilines is 1. The molecule has 1 fully saturated rings. The molecule has 29 heavy (non-hydrogen) atoms. The molecular weight excluding hydrogens is 364 g/mol. The number of benzene rings is 1. The Morgan fingerprint density at radius 3 is 2.97 bits per heavy atom. The van der Waals surface area contributed by atoms with Crippen LogP contribution in [0.3, 0.4) is 0 Å². The number of aromatic nitrogens is 2. The van der Waals surface area contributed by atoms with Gasteiger partial charge in [0.1, 0.15) is 5.75 Å². The van der Waals surface area contributed by atoms with Crippen LogP contribution in [-0.4, -0.2) is 54.6 Å². The summed E-state index contributed by atoms with van der Waals surface area (Å²) in [6.45, 7) is 8.47. The lowest BCUT2D eigenvalue weighted by atomic mass is 10.1. The van der Waals surface area contributed by atoms with E-state index >= 15 is 0 Å². The zero-order valence-electron chi connectivity index (χ0n) is 17.9. The van der Waals surface area contributed by atoms with Gasteiger partial charge in [0, 0.05) is 51.9 Å². The number of aliphatic imine (C=N–C) groups is 1. The topological polar surface area (TPSA) is 66.7 Å². The summed E-state index contributed by atoms with van der Waals surface area (Å²) in [4.78, 5) is 7.14. The monoisotopic (exact) mass is 398 g/mol. The van der Waals surface area contributed by atoms with Crippen molar-refractivity contribution < 1.29 is 4.74 Å². The third-order valence-electron chi connectivity index (χ3n) is 5.09. The fourth-order valence-corrected chi connectivity index (χ4v) is 3.57. The Morgan fingerprint density at radius 2 is 2.21 bits per heavy atom. The third kappa shape index (κ3) is 6.41. The van der Waals surface area contributed by atoms with Gasteiger partial charge in [-0.2, -0.15) is 5.10 Å². The Labute approximate surface area is 174 Å². The van der Waals surface area contributed by atoms with Gasteiger partial charge in [0.05, 0.1) is 18.5 Å². The van der Waals surface area contributed by atoms with Crippen molar-refractivity contribution in [3.63, 3.8) is 0 Å². The first kappa shape index (κ1) is 21.0. The van der Waals surface area contributed by atoms with E-state index in [0.29, 0.717) is 12.6 Å². The Balaban J connectivity index is 1.46. The van der Waals surface area contributed by atoms with Crippen LogP contribution in [0.25, 0.3) is 0 Å². The third-order valence-corrected chi connectivity index (χ3v) is 5.09. The molecular formula is C22H34N6O. The maximum atomic E-state index is 5.87. The van der Waals surface area contributed by atoms with Gasteiger partial charge < -0.3 is 20.3 Å². The molecule has 7 nitrogen and oxygen atoms in total. The summed E-state index contributed by atoms with van der Waals surface area (Å²) in [7, 11) is 1.96. The van der Waals surface area contributed by atoms with Gasteiger partial charge in [0.25, 0.3) is 0 Å². The molecule has 0 saturated carbocycles. The molecule has 1 atom stereocenters. The fourth-order valence-electron chi connectivity index (χ4n) is 3.57. The quantitative estimate of drug-likeness (QED) is 0.407. The molecule has 2 N–H and O–H groups in total. The van der Waals surface area contributed by atoms with Gasteiger partial charge in [-0.05, 0) is 38.3 Å². The lowest BCUT2D eigenvalue weighted by Gasteiger charge is -2.34. The van der Waals surface area contributed by atoms with Crippen molar-refractivity contribution in [2.24, 2.45) is 12.0 Å². The summed E-state index contributed by atoms with van der Waals surface area (Å²) >= 11 is 0. The number of aryl methyl sites for hydroxylation is 2. The van der Waals surface area contributed by atoms with Crippen LogP contribution in [-0.2, 0) is 7.05 Å². The van der Waals surface area contributed by atoms with Crippen molar-refractivity contribution in [1.29, 1.82) is 0 Å². The zero-order valence-corrected chi connectivity index (χ0v) is 17.9. The van der Waals surface area contributed by atoms with E-state index in [2.05, 4.69) is 46.7 Å². The van der Waals surface area contributed by atoms with Crippen LogP contribution < -0.4 is 20.3 Å². The lowest BCUT2D eigenvalue weighted by Crippen LogP contribution is -2.51. The molecule has 0 radical (unpaired) electrons. The second kappa shape index (κ2) is 10.7. The summed E-state index contributed by atoms with van der Waals surface area (Å²) < 4.78 is 7.73. The van der Waals surface area contributed by atoms with E-state index in [-0.39, 0.29) is 0 Å². The molecule has 3 rings (SSSR count). The first-order valence-electron chi connectivity index (χ1n) is 10.6. The van der Waals surface area contributed by atoms with Gasteiger partial charge >= 0.3 is 0 Å².